The van der Waals surface area contributed by atoms with Gasteiger partial charge in [0.25, 0.3) is 5.69 Å². The van der Waals surface area contributed by atoms with Gasteiger partial charge in [0.1, 0.15) is 0 Å². The quantitative estimate of drug-likeness (QED) is 0.580. The lowest BCUT2D eigenvalue weighted by Crippen LogP contribution is -2.32. The van der Waals surface area contributed by atoms with E-state index in [4.69, 9.17) is 0 Å². The number of carbonyl (C=O) groups excluding carboxylic acids is 1. The van der Waals surface area contributed by atoms with Crippen molar-refractivity contribution in [3.05, 3.63) is 74.2 Å². The number of likely N-dealkylation sites (tertiary alicyclic amines) is 1. The molecule has 6 heteroatoms. The molecular formula is C18H17BrN2O3. The Morgan fingerprint density at radius 2 is 1.92 bits per heavy atom. The number of rotatable bonds is 4. The summed E-state index contributed by atoms with van der Waals surface area (Å²) < 4.78 is 1.00. The molecule has 2 aromatic rings. The van der Waals surface area contributed by atoms with E-state index >= 15 is 0 Å². The van der Waals surface area contributed by atoms with Gasteiger partial charge in [0.15, 0.2) is 0 Å². The number of hydrogen-bond acceptors (Lipinski definition) is 3. The topological polar surface area (TPSA) is 63.4 Å². The SMILES string of the molecule is O=C(Cc1ccccc1[N+](=O)[O-])N1CCC[C@@H]1c1ccc(Br)cc1. The predicted molar refractivity (Wildman–Crippen MR) is 94.6 cm³/mol. The third kappa shape index (κ3) is 3.48. The van der Waals surface area contributed by atoms with Crippen LogP contribution in [-0.4, -0.2) is 22.3 Å². The van der Waals surface area contributed by atoms with Crippen molar-refractivity contribution in [3.63, 3.8) is 0 Å². The van der Waals surface area contributed by atoms with E-state index in [9.17, 15) is 14.9 Å². The number of carbonyl (C=O) groups is 1. The molecule has 1 fully saturated rings. The predicted octanol–water partition coefficient (Wildman–Crippen LogP) is 4.26. The zero-order valence-corrected chi connectivity index (χ0v) is 14.6. The summed E-state index contributed by atoms with van der Waals surface area (Å²) in [5, 5.41) is 11.1. The lowest BCUT2D eigenvalue weighted by Gasteiger charge is -2.25. The van der Waals surface area contributed by atoms with E-state index in [0.717, 1.165) is 22.9 Å². The molecule has 1 aliphatic rings. The number of hydrogen-bond donors (Lipinski definition) is 0. The zero-order valence-electron chi connectivity index (χ0n) is 13.0. The summed E-state index contributed by atoms with van der Waals surface area (Å²) in [4.78, 5) is 25.3. The van der Waals surface area contributed by atoms with Crippen LogP contribution in [-0.2, 0) is 11.2 Å². The van der Waals surface area contributed by atoms with Crippen LogP contribution >= 0.6 is 15.9 Å². The van der Waals surface area contributed by atoms with Crippen LogP contribution in [0.5, 0.6) is 0 Å². The van der Waals surface area contributed by atoms with Crippen LogP contribution in [0.3, 0.4) is 0 Å². The molecule has 1 amide bonds. The Balaban J connectivity index is 1.79. The van der Waals surface area contributed by atoms with Crippen LogP contribution in [0, 0.1) is 10.1 Å². The second-order valence-corrected chi connectivity index (χ2v) is 6.77. The number of nitrogens with zero attached hydrogens (tertiary/aromatic N) is 2. The van der Waals surface area contributed by atoms with Crippen molar-refractivity contribution in [2.24, 2.45) is 0 Å². The molecule has 2 aromatic carbocycles. The first-order chi connectivity index (χ1) is 11.6. The Labute approximate surface area is 148 Å². The van der Waals surface area contributed by atoms with E-state index in [-0.39, 0.29) is 24.1 Å². The van der Waals surface area contributed by atoms with Gasteiger partial charge in [0, 0.05) is 22.6 Å². The van der Waals surface area contributed by atoms with Crippen LogP contribution in [0.1, 0.15) is 30.0 Å². The first-order valence-corrected chi connectivity index (χ1v) is 8.63. The highest BCUT2D eigenvalue weighted by Gasteiger charge is 2.30. The fourth-order valence-corrected chi connectivity index (χ4v) is 3.46. The average molecular weight is 389 g/mol. The van der Waals surface area contributed by atoms with E-state index in [0.29, 0.717) is 12.1 Å². The fourth-order valence-electron chi connectivity index (χ4n) is 3.20. The third-order valence-corrected chi connectivity index (χ3v) is 4.89. The molecule has 1 heterocycles. The highest BCUT2D eigenvalue weighted by molar-refractivity contribution is 9.10. The minimum atomic E-state index is -0.432. The summed E-state index contributed by atoms with van der Waals surface area (Å²) >= 11 is 3.42. The van der Waals surface area contributed by atoms with Gasteiger partial charge in [-0.3, -0.25) is 14.9 Å². The molecule has 124 valence electrons. The zero-order chi connectivity index (χ0) is 17.1. The summed E-state index contributed by atoms with van der Waals surface area (Å²) in [5.41, 5.74) is 1.57. The van der Waals surface area contributed by atoms with Crippen LogP contribution in [0.4, 0.5) is 5.69 Å². The normalized spacial score (nSPS) is 17.0. The molecule has 0 aromatic heterocycles. The molecule has 24 heavy (non-hydrogen) atoms. The van der Waals surface area contributed by atoms with Gasteiger partial charge in [-0.15, -0.1) is 0 Å². The lowest BCUT2D eigenvalue weighted by molar-refractivity contribution is -0.385. The van der Waals surface area contributed by atoms with Gasteiger partial charge in [0.2, 0.25) is 5.91 Å². The number of nitro benzene ring substituents is 1. The van der Waals surface area contributed by atoms with E-state index in [1.807, 2.05) is 29.2 Å². The number of amides is 1. The summed E-state index contributed by atoms with van der Waals surface area (Å²) in [6, 6.07) is 14.5. The molecule has 1 atom stereocenters. The number of nitro groups is 1. The van der Waals surface area contributed by atoms with Gasteiger partial charge in [-0.25, -0.2) is 0 Å². The number of benzene rings is 2. The summed E-state index contributed by atoms with van der Waals surface area (Å²) in [7, 11) is 0. The molecular weight excluding hydrogens is 372 g/mol. The third-order valence-electron chi connectivity index (χ3n) is 4.36. The molecule has 5 nitrogen and oxygen atoms in total. The minimum Gasteiger partial charge on any atom is -0.335 e. The molecule has 0 bridgehead atoms. The highest BCUT2D eigenvalue weighted by atomic mass is 79.9. The van der Waals surface area contributed by atoms with Gasteiger partial charge in [-0.05, 0) is 30.5 Å². The van der Waals surface area contributed by atoms with Gasteiger partial charge in [-0.2, -0.15) is 0 Å². The van der Waals surface area contributed by atoms with E-state index in [1.54, 1.807) is 18.2 Å². The van der Waals surface area contributed by atoms with Gasteiger partial charge >= 0.3 is 0 Å². The van der Waals surface area contributed by atoms with E-state index in [2.05, 4.69) is 15.9 Å². The Bertz CT molecular complexity index is 761. The summed E-state index contributed by atoms with van der Waals surface area (Å²) in [5.74, 6) is -0.0604. The van der Waals surface area contributed by atoms with Crippen molar-refractivity contribution in [2.75, 3.05) is 6.54 Å². The standard InChI is InChI=1S/C18H17BrN2O3/c19-15-9-7-13(8-10-15)16-6-3-11-20(16)18(22)12-14-4-1-2-5-17(14)21(23)24/h1-2,4-5,7-10,16H,3,6,11-12H2/t16-/m1/s1. The molecule has 0 aliphatic carbocycles. The molecule has 1 aliphatic heterocycles. The van der Waals surface area contributed by atoms with Crippen LogP contribution < -0.4 is 0 Å². The Morgan fingerprint density at radius 3 is 2.62 bits per heavy atom. The average Bonchev–Trinajstić information content (AvgIpc) is 3.05. The largest absolute Gasteiger partial charge is 0.335 e. The second kappa shape index (κ2) is 7.13. The summed E-state index contributed by atoms with van der Waals surface area (Å²) in [6.45, 7) is 0.695. The first kappa shape index (κ1) is 16.6. The molecule has 0 unspecified atom stereocenters. The molecule has 1 saturated heterocycles. The maximum Gasteiger partial charge on any atom is 0.273 e. The van der Waals surface area contributed by atoms with Crippen molar-refractivity contribution in [1.29, 1.82) is 0 Å². The first-order valence-electron chi connectivity index (χ1n) is 7.83. The van der Waals surface area contributed by atoms with Gasteiger partial charge < -0.3 is 4.90 Å². The molecule has 0 N–H and O–H groups in total. The smallest absolute Gasteiger partial charge is 0.273 e. The Hall–Kier alpha value is -2.21. The minimum absolute atomic E-state index is 0.00485. The second-order valence-electron chi connectivity index (χ2n) is 5.86. The van der Waals surface area contributed by atoms with Crippen LogP contribution in [0.2, 0.25) is 0 Å². The van der Waals surface area contributed by atoms with E-state index in [1.165, 1.54) is 6.07 Å². The molecule has 3 rings (SSSR count). The Kier molecular flexibility index (Phi) is 4.94. The molecule has 0 spiro atoms. The van der Waals surface area contributed by atoms with Crippen molar-refractivity contribution in [3.8, 4) is 0 Å². The van der Waals surface area contributed by atoms with Crippen LogP contribution in [0.25, 0.3) is 0 Å². The monoisotopic (exact) mass is 388 g/mol. The van der Waals surface area contributed by atoms with Crippen molar-refractivity contribution < 1.29 is 9.72 Å². The van der Waals surface area contributed by atoms with Gasteiger partial charge in [0.05, 0.1) is 17.4 Å². The lowest BCUT2D eigenvalue weighted by atomic mass is 10.0. The maximum absolute atomic E-state index is 12.7. The molecule has 0 radical (unpaired) electrons. The molecule has 0 saturated carbocycles. The van der Waals surface area contributed by atoms with Crippen molar-refractivity contribution in [2.45, 2.75) is 25.3 Å². The summed E-state index contributed by atoms with van der Waals surface area (Å²) in [6.07, 6.45) is 1.93. The number of halogens is 1. The maximum atomic E-state index is 12.7. The van der Waals surface area contributed by atoms with Crippen molar-refractivity contribution >= 4 is 27.5 Å². The highest BCUT2D eigenvalue weighted by Crippen LogP contribution is 2.33. The van der Waals surface area contributed by atoms with Crippen molar-refractivity contribution in [1.82, 2.24) is 4.90 Å². The van der Waals surface area contributed by atoms with E-state index < -0.39 is 4.92 Å². The fraction of sp³-hybridized carbons (Fsp3) is 0.278. The van der Waals surface area contributed by atoms with Crippen LogP contribution in [0.15, 0.2) is 53.0 Å². The van der Waals surface area contributed by atoms with Gasteiger partial charge in [-0.1, -0.05) is 46.3 Å². The Morgan fingerprint density at radius 1 is 1.21 bits per heavy atom. The number of para-hydroxylation sites is 1.